The van der Waals surface area contributed by atoms with Crippen molar-refractivity contribution in [2.24, 2.45) is 7.05 Å². The molecule has 1 aromatic carbocycles. The van der Waals surface area contributed by atoms with Crippen LogP contribution in [-0.2, 0) is 7.05 Å². The van der Waals surface area contributed by atoms with Crippen LogP contribution in [0.15, 0.2) is 42.6 Å². The van der Waals surface area contributed by atoms with Gasteiger partial charge in [-0.2, -0.15) is 0 Å². The highest BCUT2D eigenvalue weighted by Crippen LogP contribution is 2.11. The van der Waals surface area contributed by atoms with Gasteiger partial charge in [-0.25, -0.2) is 0 Å². The van der Waals surface area contributed by atoms with E-state index in [-0.39, 0.29) is 5.78 Å². The third-order valence-corrected chi connectivity index (χ3v) is 2.46. The summed E-state index contributed by atoms with van der Waals surface area (Å²) >= 11 is 0. The lowest BCUT2D eigenvalue weighted by Crippen LogP contribution is -2.06. The van der Waals surface area contributed by atoms with Crippen molar-refractivity contribution in [3.63, 3.8) is 0 Å². The molecule has 0 fully saturated rings. The standard InChI is InChI=1S/C13H13NO/c1-10-5-3-6-11(9-10)13(15)12-7-4-8-14(12)2/h3-9H,1-2H3. The highest BCUT2D eigenvalue weighted by atomic mass is 16.1. The van der Waals surface area contributed by atoms with Crippen molar-refractivity contribution >= 4 is 5.78 Å². The van der Waals surface area contributed by atoms with Crippen LogP contribution < -0.4 is 0 Å². The van der Waals surface area contributed by atoms with Gasteiger partial charge in [0.05, 0.1) is 5.69 Å². The number of hydrogen-bond acceptors (Lipinski definition) is 1. The van der Waals surface area contributed by atoms with E-state index in [0.717, 1.165) is 16.8 Å². The Morgan fingerprint density at radius 3 is 2.60 bits per heavy atom. The maximum Gasteiger partial charge on any atom is 0.209 e. The van der Waals surface area contributed by atoms with Crippen LogP contribution in [0.4, 0.5) is 0 Å². The summed E-state index contributed by atoms with van der Waals surface area (Å²) in [5, 5.41) is 0. The Hall–Kier alpha value is -1.83. The first-order chi connectivity index (χ1) is 7.18. The molecule has 0 saturated carbocycles. The Morgan fingerprint density at radius 2 is 2.00 bits per heavy atom. The highest BCUT2D eigenvalue weighted by Gasteiger charge is 2.11. The summed E-state index contributed by atoms with van der Waals surface area (Å²) in [5.74, 6) is 0.0752. The van der Waals surface area contributed by atoms with Crippen LogP contribution in [0.25, 0.3) is 0 Å². The molecule has 0 radical (unpaired) electrons. The summed E-state index contributed by atoms with van der Waals surface area (Å²) in [4.78, 5) is 12.1. The molecule has 76 valence electrons. The Morgan fingerprint density at radius 1 is 1.20 bits per heavy atom. The van der Waals surface area contributed by atoms with Gasteiger partial charge in [0.2, 0.25) is 5.78 Å². The summed E-state index contributed by atoms with van der Waals surface area (Å²) in [6.07, 6.45) is 1.88. The van der Waals surface area contributed by atoms with E-state index in [1.807, 2.05) is 61.1 Å². The summed E-state index contributed by atoms with van der Waals surface area (Å²) in [6.45, 7) is 1.99. The molecule has 0 aliphatic heterocycles. The molecule has 15 heavy (non-hydrogen) atoms. The topological polar surface area (TPSA) is 22.0 Å². The molecular weight excluding hydrogens is 186 g/mol. The molecule has 0 N–H and O–H groups in total. The molecule has 1 aromatic heterocycles. The lowest BCUT2D eigenvalue weighted by atomic mass is 10.1. The van der Waals surface area contributed by atoms with Gasteiger partial charge in [-0.1, -0.05) is 23.8 Å². The lowest BCUT2D eigenvalue weighted by molar-refractivity contribution is 0.103. The van der Waals surface area contributed by atoms with Gasteiger partial charge in [-0.15, -0.1) is 0 Å². The first kappa shape index (κ1) is 9.71. The second-order valence-corrected chi connectivity index (χ2v) is 3.70. The van der Waals surface area contributed by atoms with Gasteiger partial charge >= 0.3 is 0 Å². The van der Waals surface area contributed by atoms with Gasteiger partial charge in [-0.3, -0.25) is 4.79 Å². The van der Waals surface area contributed by atoms with Crippen molar-refractivity contribution in [3.8, 4) is 0 Å². The van der Waals surface area contributed by atoms with Crippen LogP contribution in [-0.4, -0.2) is 10.4 Å². The quantitative estimate of drug-likeness (QED) is 0.681. The van der Waals surface area contributed by atoms with Gasteiger partial charge in [-0.05, 0) is 25.1 Å². The molecule has 0 amide bonds. The summed E-state index contributed by atoms with van der Waals surface area (Å²) in [5.41, 5.74) is 2.58. The molecule has 2 heteroatoms. The number of rotatable bonds is 2. The molecule has 0 saturated heterocycles. The smallest absolute Gasteiger partial charge is 0.209 e. The van der Waals surface area contributed by atoms with Crippen LogP contribution in [0.2, 0.25) is 0 Å². The normalized spacial score (nSPS) is 10.3. The van der Waals surface area contributed by atoms with Gasteiger partial charge in [0, 0.05) is 18.8 Å². The maximum absolute atomic E-state index is 12.1. The van der Waals surface area contributed by atoms with E-state index in [1.165, 1.54) is 0 Å². The Bertz CT molecular complexity index is 497. The van der Waals surface area contributed by atoms with Crippen LogP contribution in [0.1, 0.15) is 21.6 Å². The predicted octanol–water partition coefficient (Wildman–Crippen LogP) is 2.56. The van der Waals surface area contributed by atoms with E-state index in [2.05, 4.69) is 0 Å². The first-order valence-corrected chi connectivity index (χ1v) is 4.91. The fourth-order valence-corrected chi connectivity index (χ4v) is 1.63. The molecule has 0 unspecified atom stereocenters. The fraction of sp³-hybridized carbons (Fsp3) is 0.154. The van der Waals surface area contributed by atoms with Gasteiger partial charge in [0.1, 0.15) is 0 Å². The van der Waals surface area contributed by atoms with Gasteiger partial charge in [0.15, 0.2) is 0 Å². The second kappa shape index (κ2) is 3.73. The molecule has 1 heterocycles. The number of benzene rings is 1. The summed E-state index contributed by atoms with van der Waals surface area (Å²) in [7, 11) is 1.88. The molecule has 0 bridgehead atoms. The van der Waals surface area contributed by atoms with E-state index in [4.69, 9.17) is 0 Å². The number of aryl methyl sites for hydroxylation is 2. The molecule has 0 spiro atoms. The zero-order valence-electron chi connectivity index (χ0n) is 8.90. The Labute approximate surface area is 89.2 Å². The summed E-state index contributed by atoms with van der Waals surface area (Å²) in [6, 6.07) is 11.4. The fourth-order valence-electron chi connectivity index (χ4n) is 1.63. The number of nitrogens with zero attached hydrogens (tertiary/aromatic N) is 1. The van der Waals surface area contributed by atoms with E-state index >= 15 is 0 Å². The van der Waals surface area contributed by atoms with Gasteiger partial charge < -0.3 is 4.57 Å². The third-order valence-electron chi connectivity index (χ3n) is 2.46. The predicted molar refractivity (Wildman–Crippen MR) is 60.0 cm³/mol. The number of hydrogen-bond donors (Lipinski definition) is 0. The highest BCUT2D eigenvalue weighted by molar-refractivity contribution is 6.08. The number of aromatic nitrogens is 1. The van der Waals surface area contributed by atoms with Crippen LogP contribution >= 0.6 is 0 Å². The van der Waals surface area contributed by atoms with E-state index in [0.29, 0.717) is 0 Å². The van der Waals surface area contributed by atoms with Crippen LogP contribution in [0.3, 0.4) is 0 Å². The molecule has 2 rings (SSSR count). The van der Waals surface area contributed by atoms with E-state index < -0.39 is 0 Å². The van der Waals surface area contributed by atoms with Gasteiger partial charge in [0.25, 0.3) is 0 Å². The average molecular weight is 199 g/mol. The van der Waals surface area contributed by atoms with Crippen molar-refractivity contribution in [2.45, 2.75) is 6.92 Å². The molecular formula is C13H13NO. The maximum atomic E-state index is 12.1. The Balaban J connectivity index is 2.41. The zero-order chi connectivity index (χ0) is 10.8. The van der Waals surface area contributed by atoms with Crippen molar-refractivity contribution in [2.75, 3.05) is 0 Å². The molecule has 2 nitrogen and oxygen atoms in total. The minimum atomic E-state index is 0.0752. The van der Waals surface area contributed by atoms with Crippen LogP contribution in [0, 0.1) is 6.92 Å². The van der Waals surface area contributed by atoms with Crippen LogP contribution in [0.5, 0.6) is 0 Å². The van der Waals surface area contributed by atoms with Crippen molar-refractivity contribution < 1.29 is 4.79 Å². The minimum Gasteiger partial charge on any atom is -0.348 e. The third kappa shape index (κ3) is 1.84. The summed E-state index contributed by atoms with van der Waals surface area (Å²) < 4.78 is 1.84. The zero-order valence-corrected chi connectivity index (χ0v) is 8.90. The Kier molecular flexibility index (Phi) is 2.42. The molecule has 0 aliphatic rings. The SMILES string of the molecule is Cc1cccc(C(=O)c2cccn2C)c1. The first-order valence-electron chi connectivity index (χ1n) is 4.91. The number of carbonyl (C=O) groups excluding carboxylic acids is 1. The number of carbonyl (C=O) groups is 1. The molecule has 0 aliphatic carbocycles. The van der Waals surface area contributed by atoms with E-state index in [9.17, 15) is 4.79 Å². The van der Waals surface area contributed by atoms with Crippen molar-refractivity contribution in [1.29, 1.82) is 0 Å². The average Bonchev–Trinajstić information content (AvgIpc) is 2.63. The second-order valence-electron chi connectivity index (χ2n) is 3.70. The molecule has 0 atom stereocenters. The molecule has 2 aromatic rings. The van der Waals surface area contributed by atoms with E-state index in [1.54, 1.807) is 0 Å². The largest absolute Gasteiger partial charge is 0.348 e. The van der Waals surface area contributed by atoms with Crippen molar-refractivity contribution in [1.82, 2.24) is 4.57 Å². The van der Waals surface area contributed by atoms with Crippen molar-refractivity contribution in [3.05, 3.63) is 59.4 Å². The lowest BCUT2D eigenvalue weighted by Gasteiger charge is -2.03. The number of ketones is 1. The minimum absolute atomic E-state index is 0.0752. The monoisotopic (exact) mass is 199 g/mol.